The molecule has 232 valence electrons. The summed E-state index contributed by atoms with van der Waals surface area (Å²) in [5.74, 6) is 0.967. The summed E-state index contributed by atoms with van der Waals surface area (Å²) >= 11 is 6.14. The van der Waals surface area contributed by atoms with Gasteiger partial charge in [-0.25, -0.2) is 24.9 Å². The molecule has 4 aromatic rings. The fraction of sp³-hybridized carbons (Fsp3) is 0.310. The van der Waals surface area contributed by atoms with Crippen LogP contribution in [-0.2, 0) is 0 Å². The number of primary amides is 1. The molecule has 6 heterocycles. The van der Waals surface area contributed by atoms with Gasteiger partial charge in [-0.05, 0) is 25.1 Å². The first kappa shape index (κ1) is 31.3. The van der Waals surface area contributed by atoms with Crippen molar-refractivity contribution in [1.82, 2.24) is 29.8 Å². The number of carbonyl (C=O) groups excluding carboxylic acids is 1. The number of aromatic nitrogens is 5. The first-order chi connectivity index (χ1) is 21.8. The number of nitrogens with zero attached hydrogens (tertiary/aromatic N) is 10. The van der Waals surface area contributed by atoms with E-state index in [4.69, 9.17) is 34.7 Å². The van der Waals surface area contributed by atoms with Crippen molar-refractivity contribution in [3.8, 4) is 6.07 Å². The summed E-state index contributed by atoms with van der Waals surface area (Å²) in [5.41, 5.74) is 19.8. The number of carbonyl (C=O) groups is 1. The Kier molecular flexibility index (Phi) is 9.80. The van der Waals surface area contributed by atoms with Gasteiger partial charge in [0.25, 0.3) is 5.91 Å². The minimum atomic E-state index is -0.516. The van der Waals surface area contributed by atoms with Crippen molar-refractivity contribution in [2.45, 2.75) is 6.92 Å². The maximum absolute atomic E-state index is 11.6. The van der Waals surface area contributed by atoms with Gasteiger partial charge in [-0.1, -0.05) is 12.2 Å². The number of rotatable bonds is 6. The lowest BCUT2D eigenvalue weighted by Gasteiger charge is -2.36. The van der Waals surface area contributed by atoms with Gasteiger partial charge in [0, 0.05) is 89.0 Å². The predicted molar refractivity (Wildman–Crippen MR) is 180 cm³/mol. The number of nitrogens with two attached hydrogens (primary N) is 3. The fourth-order valence-electron chi connectivity index (χ4n) is 5.25. The summed E-state index contributed by atoms with van der Waals surface area (Å²) in [4.78, 5) is 42.9. The first-order valence-corrected chi connectivity index (χ1v) is 15.4. The molecule has 0 aromatic carbocycles. The zero-order valence-corrected chi connectivity index (χ0v) is 26.3. The van der Waals surface area contributed by atoms with E-state index in [1.54, 1.807) is 37.1 Å². The van der Waals surface area contributed by atoms with Gasteiger partial charge in [-0.3, -0.25) is 4.79 Å². The Hall–Kier alpha value is -5.14. The number of allylic oxidation sites excluding steroid dienone is 1. The fourth-order valence-corrected chi connectivity index (χ4v) is 6.38. The molecule has 6 rings (SSSR count). The summed E-state index contributed by atoms with van der Waals surface area (Å²) in [6.07, 6.45) is 8.71. The molecule has 2 saturated heterocycles. The number of hydrogen-bond acceptors (Lipinski definition) is 14. The van der Waals surface area contributed by atoms with Crippen molar-refractivity contribution in [2.24, 2.45) is 11.5 Å². The number of pyridine rings is 1. The molecule has 4 aromatic heterocycles. The molecule has 2 fully saturated rings. The maximum atomic E-state index is 11.6. The van der Waals surface area contributed by atoms with Gasteiger partial charge < -0.3 is 36.8 Å². The third-order valence-corrected chi connectivity index (χ3v) is 8.93. The van der Waals surface area contributed by atoms with Crippen LogP contribution in [0.2, 0.25) is 0 Å². The zero-order valence-electron chi connectivity index (χ0n) is 24.7. The minimum absolute atomic E-state index is 0.152. The highest BCUT2D eigenvalue weighted by atomic mass is 32.1. The first-order valence-electron chi connectivity index (χ1n) is 14.2. The SMILES string of the molecule is C/C(=C(\C#N)C(N)=S)N1CCN(c2ncccn2)CC1.NC(=O)c1sc2nccc(N3CCN(c4ncccn4)CC3)c2c1N. The Labute approximate surface area is 269 Å². The van der Waals surface area contributed by atoms with Crippen LogP contribution in [0.4, 0.5) is 23.3 Å². The Bertz CT molecular complexity index is 1720. The molecule has 0 spiro atoms. The van der Waals surface area contributed by atoms with Crippen LogP contribution in [-0.4, -0.2) is 93.1 Å². The second kappa shape index (κ2) is 14.1. The predicted octanol–water partition coefficient (Wildman–Crippen LogP) is 1.78. The molecule has 0 bridgehead atoms. The number of thiocarbonyl (C=S) groups is 1. The van der Waals surface area contributed by atoms with E-state index in [-0.39, 0.29) is 4.99 Å². The second-order valence-corrected chi connectivity index (χ2v) is 11.6. The van der Waals surface area contributed by atoms with Crippen LogP contribution in [0.25, 0.3) is 10.2 Å². The summed E-state index contributed by atoms with van der Waals surface area (Å²) in [6.45, 7) is 8.29. The van der Waals surface area contributed by atoms with E-state index in [9.17, 15) is 4.79 Å². The van der Waals surface area contributed by atoms with Gasteiger partial charge in [-0.2, -0.15) is 5.26 Å². The van der Waals surface area contributed by atoms with Crippen molar-refractivity contribution >= 4 is 67.9 Å². The summed E-state index contributed by atoms with van der Waals surface area (Å²) < 4.78 is 0. The standard InChI is InChI=1S/C16H17N7OS.C13H16N6S/c17-12-11-10(2-5-19-15(11)25-13(12)14(18)24)22-6-8-23(9-7-22)16-20-3-1-4-21-16;1-10(11(9-14)12(15)20)18-5-7-19(8-6-18)13-16-3-2-4-17-13/h1-5H,6-9,17H2,(H2,18,24);2-4H,5-8H2,1H3,(H2,15,20)/b;11-10-. The third-order valence-electron chi connectivity index (χ3n) is 7.60. The number of fused-ring (bicyclic) bond motifs is 1. The average molecular weight is 644 g/mol. The number of thiophene rings is 1. The van der Waals surface area contributed by atoms with Crippen LogP contribution in [0.5, 0.6) is 0 Å². The number of nitrogen functional groups attached to an aromatic ring is 1. The topological polar surface area (TPSA) is 196 Å². The van der Waals surface area contributed by atoms with Gasteiger partial charge in [0.15, 0.2) is 0 Å². The summed E-state index contributed by atoms with van der Waals surface area (Å²) in [7, 11) is 0. The number of amides is 1. The highest BCUT2D eigenvalue weighted by Gasteiger charge is 2.24. The molecule has 0 unspecified atom stereocenters. The lowest BCUT2D eigenvalue weighted by atomic mass is 10.2. The van der Waals surface area contributed by atoms with Crippen LogP contribution in [0.15, 0.2) is 60.5 Å². The Morgan fingerprint density at radius 2 is 1.36 bits per heavy atom. The van der Waals surface area contributed by atoms with E-state index < -0.39 is 5.91 Å². The van der Waals surface area contributed by atoms with Crippen LogP contribution < -0.4 is 31.9 Å². The number of nitriles is 1. The molecule has 2 aliphatic rings. The van der Waals surface area contributed by atoms with Crippen molar-refractivity contribution < 1.29 is 4.79 Å². The Morgan fingerprint density at radius 3 is 1.84 bits per heavy atom. The maximum Gasteiger partial charge on any atom is 0.260 e. The largest absolute Gasteiger partial charge is 0.397 e. The van der Waals surface area contributed by atoms with Crippen LogP contribution in [0.3, 0.4) is 0 Å². The quantitative estimate of drug-likeness (QED) is 0.156. The van der Waals surface area contributed by atoms with Crippen LogP contribution in [0, 0.1) is 11.3 Å². The van der Waals surface area contributed by atoms with Crippen LogP contribution in [0.1, 0.15) is 16.6 Å². The van der Waals surface area contributed by atoms with E-state index in [1.165, 1.54) is 11.3 Å². The molecule has 0 radical (unpaired) electrons. The molecule has 14 nitrogen and oxygen atoms in total. The lowest BCUT2D eigenvalue weighted by molar-refractivity contribution is 0.100. The van der Waals surface area contributed by atoms with E-state index in [1.807, 2.05) is 19.1 Å². The molecule has 2 aliphatic heterocycles. The van der Waals surface area contributed by atoms with E-state index in [2.05, 4.69) is 50.6 Å². The smallest absolute Gasteiger partial charge is 0.260 e. The molecular formula is C29H33N13OS2. The number of piperazine rings is 2. The molecule has 16 heteroatoms. The molecule has 6 N–H and O–H groups in total. The van der Waals surface area contributed by atoms with Crippen molar-refractivity contribution in [1.29, 1.82) is 5.26 Å². The Balaban J connectivity index is 0.000000183. The zero-order chi connectivity index (χ0) is 31.9. The second-order valence-electron chi connectivity index (χ2n) is 10.2. The van der Waals surface area contributed by atoms with Crippen LogP contribution >= 0.6 is 23.6 Å². The third kappa shape index (κ3) is 7.00. The summed E-state index contributed by atoms with van der Waals surface area (Å²) in [6, 6.07) is 7.62. The van der Waals surface area contributed by atoms with E-state index in [0.717, 1.165) is 85.9 Å². The number of anilines is 4. The number of hydrogen-bond donors (Lipinski definition) is 3. The normalized spacial score (nSPS) is 15.6. The van der Waals surface area contributed by atoms with Gasteiger partial charge in [0.1, 0.15) is 26.3 Å². The van der Waals surface area contributed by atoms with Crippen molar-refractivity contribution in [3.05, 3.63) is 65.3 Å². The van der Waals surface area contributed by atoms with Crippen molar-refractivity contribution in [2.75, 3.05) is 72.8 Å². The average Bonchev–Trinajstić information content (AvgIpc) is 3.43. The van der Waals surface area contributed by atoms with E-state index in [0.29, 0.717) is 16.1 Å². The highest BCUT2D eigenvalue weighted by Crippen LogP contribution is 2.38. The molecule has 0 saturated carbocycles. The molecule has 0 aliphatic carbocycles. The van der Waals surface area contributed by atoms with Crippen molar-refractivity contribution in [3.63, 3.8) is 0 Å². The lowest BCUT2D eigenvalue weighted by Crippen LogP contribution is -2.47. The molecular weight excluding hydrogens is 611 g/mol. The highest BCUT2D eigenvalue weighted by molar-refractivity contribution is 7.80. The molecule has 1 amide bonds. The van der Waals surface area contributed by atoms with Gasteiger partial charge in [-0.15, -0.1) is 11.3 Å². The minimum Gasteiger partial charge on any atom is -0.397 e. The summed E-state index contributed by atoms with van der Waals surface area (Å²) in [5, 5.41) is 9.91. The van der Waals surface area contributed by atoms with Gasteiger partial charge >= 0.3 is 0 Å². The monoisotopic (exact) mass is 643 g/mol. The van der Waals surface area contributed by atoms with Gasteiger partial charge in [0.2, 0.25) is 11.9 Å². The van der Waals surface area contributed by atoms with Gasteiger partial charge in [0.05, 0.1) is 16.8 Å². The molecule has 0 atom stereocenters. The molecule has 45 heavy (non-hydrogen) atoms. The Morgan fingerprint density at radius 1 is 0.844 bits per heavy atom. The van der Waals surface area contributed by atoms with E-state index >= 15 is 0 Å².